The second-order valence-corrected chi connectivity index (χ2v) is 8.89. The number of amides is 1. The SMILES string of the molecule is Cc1ccc(S(=O)(=O)NCCC(=O)NCCc2cnn(-c3ccccc3)c2)cc1C. The van der Waals surface area contributed by atoms with E-state index in [0.717, 1.165) is 22.4 Å². The van der Waals surface area contributed by atoms with Crippen LogP contribution in [-0.4, -0.2) is 37.2 Å². The van der Waals surface area contributed by atoms with Crippen molar-refractivity contribution in [2.75, 3.05) is 13.1 Å². The van der Waals surface area contributed by atoms with Gasteiger partial charge in [-0.25, -0.2) is 17.8 Å². The second-order valence-electron chi connectivity index (χ2n) is 7.12. The number of carbonyl (C=O) groups is 1. The van der Waals surface area contributed by atoms with E-state index < -0.39 is 10.0 Å². The van der Waals surface area contributed by atoms with E-state index in [9.17, 15) is 13.2 Å². The molecule has 0 saturated heterocycles. The van der Waals surface area contributed by atoms with Crippen LogP contribution >= 0.6 is 0 Å². The molecule has 1 aromatic heterocycles. The van der Waals surface area contributed by atoms with Gasteiger partial charge < -0.3 is 5.32 Å². The molecule has 0 aliphatic carbocycles. The number of nitrogens with one attached hydrogen (secondary N) is 2. The van der Waals surface area contributed by atoms with Gasteiger partial charge in [0.1, 0.15) is 0 Å². The molecule has 0 aliphatic rings. The number of sulfonamides is 1. The number of aromatic nitrogens is 2. The highest BCUT2D eigenvalue weighted by molar-refractivity contribution is 7.89. The molecule has 3 rings (SSSR count). The summed E-state index contributed by atoms with van der Waals surface area (Å²) in [6.45, 7) is 4.30. The largest absolute Gasteiger partial charge is 0.356 e. The van der Waals surface area contributed by atoms with E-state index in [-0.39, 0.29) is 23.8 Å². The maximum absolute atomic E-state index is 12.3. The van der Waals surface area contributed by atoms with Gasteiger partial charge in [-0.05, 0) is 61.2 Å². The van der Waals surface area contributed by atoms with Gasteiger partial charge in [0.05, 0.1) is 16.8 Å². The smallest absolute Gasteiger partial charge is 0.240 e. The summed E-state index contributed by atoms with van der Waals surface area (Å²) in [4.78, 5) is 12.2. The molecule has 0 atom stereocenters. The Kier molecular flexibility index (Phi) is 7.02. The fraction of sp³-hybridized carbons (Fsp3) is 0.273. The molecule has 7 nitrogen and oxygen atoms in total. The third-order valence-corrected chi connectivity index (χ3v) is 6.28. The van der Waals surface area contributed by atoms with E-state index in [2.05, 4.69) is 15.1 Å². The molecule has 2 aromatic carbocycles. The van der Waals surface area contributed by atoms with E-state index in [1.165, 1.54) is 0 Å². The molecule has 1 amide bonds. The van der Waals surface area contributed by atoms with Crippen molar-refractivity contribution in [2.24, 2.45) is 0 Å². The van der Waals surface area contributed by atoms with Crippen molar-refractivity contribution in [3.05, 3.63) is 77.6 Å². The summed E-state index contributed by atoms with van der Waals surface area (Å²) in [5.41, 5.74) is 3.92. The fourth-order valence-corrected chi connectivity index (χ4v) is 4.03. The van der Waals surface area contributed by atoms with E-state index in [1.54, 1.807) is 29.1 Å². The van der Waals surface area contributed by atoms with Crippen molar-refractivity contribution in [1.29, 1.82) is 0 Å². The molecule has 1 heterocycles. The molecule has 3 aromatic rings. The molecule has 0 unspecified atom stereocenters. The topological polar surface area (TPSA) is 93.1 Å². The Bertz CT molecular complexity index is 1110. The number of hydrogen-bond acceptors (Lipinski definition) is 4. The number of nitrogens with zero attached hydrogens (tertiary/aromatic N) is 2. The van der Waals surface area contributed by atoms with E-state index >= 15 is 0 Å². The van der Waals surface area contributed by atoms with Crippen molar-refractivity contribution in [2.45, 2.75) is 31.6 Å². The van der Waals surface area contributed by atoms with Crippen LogP contribution in [-0.2, 0) is 21.2 Å². The van der Waals surface area contributed by atoms with Gasteiger partial charge in [0.15, 0.2) is 0 Å². The zero-order valence-electron chi connectivity index (χ0n) is 17.1. The molecule has 0 bridgehead atoms. The van der Waals surface area contributed by atoms with Crippen LogP contribution in [0.2, 0.25) is 0 Å². The van der Waals surface area contributed by atoms with Crippen molar-refractivity contribution >= 4 is 15.9 Å². The standard InChI is InChI=1S/C22H26N4O3S/c1-17-8-9-21(14-18(17)2)30(28,29)25-13-11-22(27)23-12-10-19-15-24-26(16-19)20-6-4-3-5-7-20/h3-9,14-16,25H,10-13H2,1-2H3,(H,23,27). The highest BCUT2D eigenvalue weighted by Gasteiger charge is 2.14. The Balaban J connectivity index is 1.41. The van der Waals surface area contributed by atoms with Crippen molar-refractivity contribution in [3.8, 4) is 5.69 Å². The average Bonchev–Trinajstić information content (AvgIpc) is 3.19. The molecule has 0 radical (unpaired) electrons. The molecular formula is C22H26N4O3S. The molecule has 158 valence electrons. The van der Waals surface area contributed by atoms with Gasteiger partial charge in [-0.15, -0.1) is 0 Å². The van der Waals surface area contributed by atoms with Gasteiger partial charge in [0, 0.05) is 25.7 Å². The maximum atomic E-state index is 12.3. The van der Waals surface area contributed by atoms with E-state index in [0.29, 0.717) is 13.0 Å². The van der Waals surface area contributed by atoms with Gasteiger partial charge in [-0.3, -0.25) is 4.79 Å². The van der Waals surface area contributed by atoms with Crippen LogP contribution in [0.5, 0.6) is 0 Å². The number of para-hydroxylation sites is 1. The molecule has 8 heteroatoms. The number of carbonyl (C=O) groups excluding carboxylic acids is 1. The van der Waals surface area contributed by atoms with Gasteiger partial charge in [-0.2, -0.15) is 5.10 Å². The van der Waals surface area contributed by atoms with Gasteiger partial charge in [0.25, 0.3) is 0 Å². The van der Waals surface area contributed by atoms with E-state index in [1.807, 2.05) is 50.4 Å². The zero-order chi connectivity index (χ0) is 21.6. The number of benzene rings is 2. The lowest BCUT2D eigenvalue weighted by molar-refractivity contribution is -0.120. The first-order chi connectivity index (χ1) is 14.3. The summed E-state index contributed by atoms with van der Waals surface area (Å²) in [5, 5.41) is 7.14. The third-order valence-electron chi connectivity index (χ3n) is 4.83. The summed E-state index contributed by atoms with van der Waals surface area (Å²) in [6, 6.07) is 14.8. The Morgan fingerprint density at radius 1 is 1.03 bits per heavy atom. The first kappa shape index (κ1) is 21.7. The summed E-state index contributed by atoms with van der Waals surface area (Å²) in [5.74, 6) is -0.201. The lowest BCUT2D eigenvalue weighted by atomic mass is 10.1. The average molecular weight is 427 g/mol. The molecule has 0 fully saturated rings. The number of hydrogen-bond donors (Lipinski definition) is 2. The van der Waals surface area contributed by atoms with Gasteiger partial charge in [-0.1, -0.05) is 24.3 Å². The van der Waals surface area contributed by atoms with Gasteiger partial charge >= 0.3 is 0 Å². The first-order valence-corrected chi connectivity index (χ1v) is 11.3. The van der Waals surface area contributed by atoms with Gasteiger partial charge in [0.2, 0.25) is 15.9 Å². The fourth-order valence-electron chi connectivity index (χ4n) is 2.91. The van der Waals surface area contributed by atoms with Crippen LogP contribution in [0.1, 0.15) is 23.1 Å². The van der Waals surface area contributed by atoms with Crippen LogP contribution < -0.4 is 10.0 Å². The monoisotopic (exact) mass is 426 g/mol. The molecule has 0 saturated carbocycles. The summed E-state index contributed by atoms with van der Waals surface area (Å²) in [6.07, 6.45) is 4.43. The summed E-state index contributed by atoms with van der Waals surface area (Å²) >= 11 is 0. The van der Waals surface area contributed by atoms with Crippen LogP contribution in [0.4, 0.5) is 0 Å². The minimum absolute atomic E-state index is 0.0486. The Morgan fingerprint density at radius 3 is 2.53 bits per heavy atom. The Labute approximate surface area is 177 Å². The third kappa shape index (κ3) is 5.77. The van der Waals surface area contributed by atoms with Crippen LogP contribution in [0, 0.1) is 13.8 Å². The Hall–Kier alpha value is -2.97. The van der Waals surface area contributed by atoms with Crippen molar-refractivity contribution < 1.29 is 13.2 Å². The predicted octanol–water partition coefficient (Wildman–Crippen LogP) is 2.52. The minimum Gasteiger partial charge on any atom is -0.356 e. The number of aryl methyl sites for hydroxylation is 2. The summed E-state index contributed by atoms with van der Waals surface area (Å²) < 4.78 is 29.0. The van der Waals surface area contributed by atoms with Crippen molar-refractivity contribution in [1.82, 2.24) is 19.8 Å². The summed E-state index contributed by atoms with van der Waals surface area (Å²) in [7, 11) is -3.62. The molecular weight excluding hydrogens is 400 g/mol. The van der Waals surface area contributed by atoms with Crippen molar-refractivity contribution in [3.63, 3.8) is 0 Å². The molecule has 2 N–H and O–H groups in total. The zero-order valence-corrected chi connectivity index (χ0v) is 17.9. The first-order valence-electron chi connectivity index (χ1n) is 9.78. The second kappa shape index (κ2) is 9.69. The normalized spacial score (nSPS) is 11.4. The van der Waals surface area contributed by atoms with Crippen LogP contribution in [0.15, 0.2) is 65.8 Å². The molecule has 0 aliphatic heterocycles. The van der Waals surface area contributed by atoms with E-state index in [4.69, 9.17) is 0 Å². The minimum atomic E-state index is -3.62. The maximum Gasteiger partial charge on any atom is 0.240 e. The highest BCUT2D eigenvalue weighted by atomic mass is 32.2. The molecule has 0 spiro atoms. The van der Waals surface area contributed by atoms with Crippen LogP contribution in [0.25, 0.3) is 5.69 Å². The lowest BCUT2D eigenvalue weighted by Gasteiger charge is -2.09. The number of rotatable bonds is 9. The lowest BCUT2D eigenvalue weighted by Crippen LogP contribution is -2.31. The quantitative estimate of drug-likeness (QED) is 0.550. The Morgan fingerprint density at radius 2 is 1.80 bits per heavy atom. The predicted molar refractivity (Wildman–Crippen MR) is 116 cm³/mol. The highest BCUT2D eigenvalue weighted by Crippen LogP contribution is 2.14. The molecule has 30 heavy (non-hydrogen) atoms. The van der Waals surface area contributed by atoms with Crippen LogP contribution in [0.3, 0.4) is 0 Å².